The zero-order valence-corrected chi connectivity index (χ0v) is 53.0. The van der Waals surface area contributed by atoms with Crippen LogP contribution in [0.4, 0.5) is 0 Å². The van der Waals surface area contributed by atoms with E-state index in [1.807, 2.05) is 34.9 Å². The summed E-state index contributed by atoms with van der Waals surface area (Å²) >= 11 is -1.61. The van der Waals surface area contributed by atoms with Gasteiger partial charge in [-0.15, -0.1) is 13.2 Å². The van der Waals surface area contributed by atoms with Crippen LogP contribution in [0, 0.1) is 35.5 Å². The van der Waals surface area contributed by atoms with Gasteiger partial charge in [-0.1, -0.05) is 77.7 Å². The molecule has 9 aliphatic carbocycles. The zero-order chi connectivity index (χ0) is 52.6. The van der Waals surface area contributed by atoms with E-state index in [-0.39, 0.29) is 30.7 Å². The molecule has 78 heavy (non-hydrogen) atoms. The molecule has 2 bridgehead atoms. The average Bonchev–Trinajstić information content (AvgIpc) is 4.37. The summed E-state index contributed by atoms with van der Waals surface area (Å²) in [7, 11) is 11.2. The van der Waals surface area contributed by atoms with Gasteiger partial charge in [-0.3, -0.25) is 0 Å². The molecule has 0 N–H and O–H groups in total. The van der Waals surface area contributed by atoms with Crippen molar-refractivity contribution in [3.63, 3.8) is 0 Å². The third kappa shape index (κ3) is 23.6. The number of rotatable bonds is 17. The number of allylic oxidation sites excluding steroid dienone is 4. The van der Waals surface area contributed by atoms with Crippen LogP contribution in [0.15, 0.2) is 67.8 Å². The number of ether oxygens (including phenoxy) is 4. The molecule has 8 unspecified atom stereocenters. The summed E-state index contributed by atoms with van der Waals surface area (Å²) < 4.78 is 23.4. The van der Waals surface area contributed by atoms with E-state index in [1.54, 1.807) is 193 Å². The van der Waals surface area contributed by atoms with Crippen molar-refractivity contribution in [2.45, 2.75) is 279 Å². The monoisotopic (exact) mass is 1240 g/mol. The molecule has 0 amide bonds. The molecule has 1 aromatic rings. The van der Waals surface area contributed by atoms with Gasteiger partial charge in [0, 0.05) is 15.8 Å². The van der Waals surface area contributed by atoms with Gasteiger partial charge in [0.25, 0.3) is 0 Å². The summed E-state index contributed by atoms with van der Waals surface area (Å²) in [5.74, 6) is 4.38. The fourth-order valence-electron chi connectivity index (χ4n) is 16.2. The van der Waals surface area contributed by atoms with Crippen molar-refractivity contribution >= 4 is 39.8 Å². The Balaban J connectivity index is 0.000000159. The van der Waals surface area contributed by atoms with Crippen LogP contribution in [-0.4, -0.2) is 90.4 Å². The van der Waals surface area contributed by atoms with Crippen molar-refractivity contribution in [1.82, 2.24) is 0 Å². The fraction of sp³-hybridized carbons (Fsp3) is 0.812. The van der Waals surface area contributed by atoms with E-state index in [9.17, 15) is 0 Å². The SMILES string of the molecule is C.C.C1=CC2CC1CC2COCC1CO1.C1CCC([PH+](C2CCCCC2)C2CCCCC2)CC1.C1CCC([PH+](C2CCCCC2)C2CCCCC2)CC1.C=CC1CC(C=C)C(COCC2CO2)C1.[Cl][Ru]([Cl])=[CH]c1ccccc1. The Bertz CT molecular complexity index is 1650. The molecule has 11 aliphatic rings. The van der Waals surface area contributed by atoms with Crippen molar-refractivity contribution in [2.24, 2.45) is 35.5 Å². The van der Waals surface area contributed by atoms with Gasteiger partial charge in [0.1, 0.15) is 12.2 Å². The van der Waals surface area contributed by atoms with Gasteiger partial charge >= 0.3 is 73.4 Å². The number of hydrogen-bond acceptors (Lipinski definition) is 4. The van der Waals surface area contributed by atoms with Gasteiger partial charge in [-0.25, -0.2) is 0 Å². The molecule has 12 rings (SSSR count). The van der Waals surface area contributed by atoms with Crippen molar-refractivity contribution < 1.29 is 32.5 Å². The second-order valence-electron chi connectivity index (χ2n) is 25.9. The molecule has 448 valence electrons. The van der Waals surface area contributed by atoms with Crippen LogP contribution in [0.2, 0.25) is 0 Å². The number of benzene rings is 1. The van der Waals surface area contributed by atoms with Crippen LogP contribution in [0.25, 0.3) is 0 Å². The number of halogens is 2. The summed E-state index contributed by atoms with van der Waals surface area (Å²) in [5.41, 5.74) is 8.48. The quantitative estimate of drug-likeness (QED) is 0.0675. The molecule has 0 spiro atoms. The first-order valence-electron chi connectivity index (χ1n) is 32.4. The molecular weight excluding hydrogens is 1130 g/mol. The Kier molecular flexibility index (Phi) is 33.1. The Hall–Kier alpha value is 0.213. The van der Waals surface area contributed by atoms with Gasteiger partial charge in [0.15, 0.2) is 0 Å². The van der Waals surface area contributed by atoms with Crippen LogP contribution in [0.1, 0.15) is 239 Å². The Labute approximate surface area is 496 Å². The third-order valence-corrected chi connectivity index (χ3v) is 31.4. The molecule has 8 atom stereocenters. The van der Waals surface area contributed by atoms with Crippen LogP contribution in [0.5, 0.6) is 0 Å². The summed E-state index contributed by atoms with van der Waals surface area (Å²) in [6, 6.07) is 9.89. The Morgan fingerprint density at radius 3 is 1.17 bits per heavy atom. The van der Waals surface area contributed by atoms with E-state index in [1.165, 1.54) is 59.6 Å². The molecule has 10 fully saturated rings. The minimum atomic E-state index is -1.61. The molecule has 1 aromatic carbocycles. The van der Waals surface area contributed by atoms with Gasteiger partial charge < -0.3 is 18.9 Å². The van der Waals surface area contributed by atoms with Crippen LogP contribution < -0.4 is 0 Å². The fourth-order valence-corrected chi connectivity index (χ4v) is 28.5. The first-order chi connectivity index (χ1) is 37.4. The van der Waals surface area contributed by atoms with E-state index in [4.69, 9.17) is 38.3 Å². The average molecular weight is 1250 g/mol. The van der Waals surface area contributed by atoms with Crippen molar-refractivity contribution in [2.75, 3.05) is 39.6 Å². The van der Waals surface area contributed by atoms with Crippen LogP contribution >= 0.6 is 35.2 Å². The van der Waals surface area contributed by atoms with Crippen LogP contribution in [-0.2, 0) is 32.5 Å². The molecule has 2 heterocycles. The molecular formula is C69H118Cl2O4P2Ru+2. The summed E-state index contributed by atoms with van der Waals surface area (Å²) in [6.07, 6.45) is 62.4. The summed E-state index contributed by atoms with van der Waals surface area (Å²) in [4.78, 5) is 0. The minimum absolute atomic E-state index is 0. The topological polar surface area (TPSA) is 43.5 Å². The third-order valence-electron chi connectivity index (χ3n) is 20.4. The summed E-state index contributed by atoms with van der Waals surface area (Å²) in [5, 5.41) is 0. The van der Waals surface area contributed by atoms with Crippen molar-refractivity contribution in [1.29, 1.82) is 0 Å². The Morgan fingerprint density at radius 1 is 0.474 bits per heavy atom. The first kappa shape index (κ1) is 67.3. The normalized spacial score (nSPS) is 30.6. The molecule has 2 aliphatic heterocycles. The molecule has 0 aromatic heterocycles. The predicted octanol–water partition coefficient (Wildman–Crippen LogP) is 20.5. The number of hydrogen-bond donors (Lipinski definition) is 0. The van der Waals surface area contributed by atoms with Crippen LogP contribution in [0.3, 0.4) is 0 Å². The standard InChI is InChI=1S/2C18H33P.C13H20O2.C11H16O2.C7H6.2CH4.2ClH.Ru/c2*1-4-10-16(11-5-1)19(17-12-6-2-7-13-17)18-14-8-3-9-15-18;1-3-10-5-11(4-2)12(6-10)7-14-8-13-9-15-13;1-2-9-3-8(1)4-10(9)5-12-6-11-7-13-11;1-7-5-3-2-4-6-7;;;;;/h2*16-18H,1-15H2;3-4,10-13H,1-2,5-9H2;1-2,8-11H,3-7H2;1-6H;2*1H4;2*1H;/q;;;;;;;;;+2. The van der Waals surface area contributed by atoms with E-state index in [2.05, 4.69) is 37.5 Å². The molecule has 8 saturated carbocycles. The molecule has 0 radical (unpaired) electrons. The maximum atomic E-state index is 5.67. The van der Waals surface area contributed by atoms with Crippen molar-refractivity contribution in [3.05, 3.63) is 73.4 Å². The Morgan fingerprint density at radius 2 is 0.859 bits per heavy atom. The van der Waals surface area contributed by atoms with E-state index in [0.717, 1.165) is 63.0 Å². The summed E-state index contributed by atoms with van der Waals surface area (Å²) in [6.45, 7) is 12.9. The maximum absolute atomic E-state index is 5.67. The van der Waals surface area contributed by atoms with Gasteiger partial charge in [-0.05, 0) is 215 Å². The number of epoxide rings is 2. The number of fused-ring (bicyclic) bond motifs is 2. The zero-order valence-electron chi connectivity index (χ0n) is 47.8. The second-order valence-corrected chi connectivity index (χ2v) is 38.5. The van der Waals surface area contributed by atoms with Gasteiger partial charge in [0.05, 0.1) is 73.6 Å². The van der Waals surface area contributed by atoms with Gasteiger partial charge in [0.2, 0.25) is 0 Å². The van der Waals surface area contributed by atoms with E-state index in [0.29, 0.717) is 30.0 Å². The van der Waals surface area contributed by atoms with Gasteiger partial charge in [-0.2, -0.15) is 0 Å². The van der Waals surface area contributed by atoms with E-state index < -0.39 is 13.5 Å². The molecule has 2 saturated heterocycles. The molecule has 4 nitrogen and oxygen atoms in total. The van der Waals surface area contributed by atoms with Crippen molar-refractivity contribution in [3.8, 4) is 0 Å². The second kappa shape index (κ2) is 38.3. The molecule has 9 heteroatoms. The van der Waals surface area contributed by atoms with E-state index >= 15 is 0 Å². The predicted molar refractivity (Wildman–Crippen MR) is 345 cm³/mol. The first-order valence-corrected chi connectivity index (χ1v) is 41.3.